The lowest BCUT2D eigenvalue weighted by Crippen LogP contribution is -2.52. The van der Waals surface area contributed by atoms with E-state index in [9.17, 15) is 9.59 Å². The van der Waals surface area contributed by atoms with Crippen LogP contribution >= 0.6 is 0 Å². The molecule has 6 nitrogen and oxygen atoms in total. The van der Waals surface area contributed by atoms with Crippen molar-refractivity contribution >= 4 is 11.9 Å². The molecule has 0 aromatic rings. The fourth-order valence-corrected chi connectivity index (χ4v) is 2.27. The van der Waals surface area contributed by atoms with Gasteiger partial charge in [0, 0.05) is 12.6 Å². The zero-order valence-corrected chi connectivity index (χ0v) is 12.2. The van der Waals surface area contributed by atoms with Crippen LogP contribution in [-0.4, -0.2) is 55.1 Å². The zero-order chi connectivity index (χ0) is 14.3. The number of nitrogens with zero attached hydrogens (tertiary/aromatic N) is 1. The van der Waals surface area contributed by atoms with E-state index in [2.05, 4.69) is 27.8 Å². The Labute approximate surface area is 115 Å². The maximum absolute atomic E-state index is 11.8. The summed E-state index contributed by atoms with van der Waals surface area (Å²) in [4.78, 5) is 25.4. The molecule has 0 aromatic carbocycles. The van der Waals surface area contributed by atoms with E-state index in [1.165, 1.54) is 0 Å². The van der Waals surface area contributed by atoms with Crippen LogP contribution in [0.1, 0.15) is 33.6 Å². The second-order valence-corrected chi connectivity index (χ2v) is 4.95. The normalized spacial score (nSPS) is 18.9. The van der Waals surface area contributed by atoms with Gasteiger partial charge in [0.2, 0.25) is 5.91 Å². The van der Waals surface area contributed by atoms with Crippen LogP contribution in [0.2, 0.25) is 0 Å². The fourth-order valence-electron chi connectivity index (χ4n) is 2.27. The third-order valence-electron chi connectivity index (χ3n) is 3.49. The standard InChI is InChI=1S/C13H26N4O2/c1-4-14-13(19)16-12(18)10(3)15-11-6-8-17(5-2)9-7-11/h10-11,15H,4-9H2,1-3H3,(H2,14,16,18,19). The van der Waals surface area contributed by atoms with Gasteiger partial charge in [0.1, 0.15) is 0 Å². The van der Waals surface area contributed by atoms with E-state index in [1.54, 1.807) is 6.92 Å². The molecular weight excluding hydrogens is 244 g/mol. The smallest absolute Gasteiger partial charge is 0.321 e. The summed E-state index contributed by atoms with van der Waals surface area (Å²) in [5, 5.41) is 8.16. The van der Waals surface area contributed by atoms with E-state index < -0.39 is 6.03 Å². The molecule has 1 saturated heterocycles. The SMILES string of the molecule is CCNC(=O)NC(=O)C(C)NC1CCN(CC)CC1. The van der Waals surface area contributed by atoms with Crippen LogP contribution < -0.4 is 16.0 Å². The predicted octanol–water partition coefficient (Wildman–Crippen LogP) is 0.295. The lowest BCUT2D eigenvalue weighted by molar-refractivity contribution is -0.121. The summed E-state index contributed by atoms with van der Waals surface area (Å²) in [6, 6.07) is -0.416. The number of rotatable bonds is 5. The summed E-state index contributed by atoms with van der Waals surface area (Å²) in [6.45, 7) is 9.50. The molecule has 0 aromatic heterocycles. The molecule has 1 heterocycles. The van der Waals surface area contributed by atoms with Crippen molar-refractivity contribution in [2.45, 2.75) is 45.7 Å². The Bertz CT molecular complexity index is 301. The number of hydrogen-bond donors (Lipinski definition) is 3. The Hall–Kier alpha value is -1.14. The molecular formula is C13H26N4O2. The van der Waals surface area contributed by atoms with Gasteiger partial charge in [0.05, 0.1) is 6.04 Å². The van der Waals surface area contributed by atoms with Crippen molar-refractivity contribution in [1.29, 1.82) is 0 Å². The highest BCUT2D eigenvalue weighted by molar-refractivity contribution is 5.96. The molecule has 1 unspecified atom stereocenters. The molecule has 3 N–H and O–H groups in total. The van der Waals surface area contributed by atoms with Crippen molar-refractivity contribution in [3.63, 3.8) is 0 Å². The molecule has 3 amide bonds. The molecule has 1 fully saturated rings. The molecule has 1 rings (SSSR count). The number of amides is 3. The van der Waals surface area contributed by atoms with Crippen LogP contribution in [0, 0.1) is 0 Å². The summed E-state index contributed by atoms with van der Waals surface area (Å²) >= 11 is 0. The zero-order valence-electron chi connectivity index (χ0n) is 12.2. The van der Waals surface area contributed by atoms with Gasteiger partial charge in [0.25, 0.3) is 0 Å². The summed E-state index contributed by atoms with van der Waals surface area (Å²) < 4.78 is 0. The highest BCUT2D eigenvalue weighted by Crippen LogP contribution is 2.10. The largest absolute Gasteiger partial charge is 0.338 e. The van der Waals surface area contributed by atoms with Crippen LogP contribution in [-0.2, 0) is 4.79 Å². The topological polar surface area (TPSA) is 73.5 Å². The Morgan fingerprint density at radius 2 is 1.89 bits per heavy atom. The van der Waals surface area contributed by atoms with E-state index in [4.69, 9.17) is 0 Å². The van der Waals surface area contributed by atoms with Gasteiger partial charge in [-0.1, -0.05) is 6.92 Å². The number of hydrogen-bond acceptors (Lipinski definition) is 4. The Kier molecular flexibility index (Phi) is 6.80. The van der Waals surface area contributed by atoms with Gasteiger partial charge in [-0.15, -0.1) is 0 Å². The van der Waals surface area contributed by atoms with Gasteiger partial charge in [-0.2, -0.15) is 0 Å². The molecule has 0 bridgehead atoms. The molecule has 0 saturated carbocycles. The second kappa shape index (κ2) is 8.12. The lowest BCUT2D eigenvalue weighted by atomic mass is 10.0. The first-order valence-electron chi connectivity index (χ1n) is 7.13. The molecule has 1 atom stereocenters. The molecule has 0 radical (unpaired) electrons. The minimum atomic E-state index is -0.429. The Balaban J connectivity index is 2.28. The lowest BCUT2D eigenvalue weighted by Gasteiger charge is -2.32. The van der Waals surface area contributed by atoms with Gasteiger partial charge in [0.15, 0.2) is 0 Å². The van der Waals surface area contributed by atoms with E-state index in [0.29, 0.717) is 12.6 Å². The van der Waals surface area contributed by atoms with Crippen molar-refractivity contribution in [3.05, 3.63) is 0 Å². The Morgan fingerprint density at radius 1 is 1.26 bits per heavy atom. The molecule has 0 spiro atoms. The quantitative estimate of drug-likeness (QED) is 0.671. The number of carbonyl (C=O) groups excluding carboxylic acids is 2. The maximum atomic E-state index is 11.8. The van der Waals surface area contributed by atoms with Gasteiger partial charge in [-0.25, -0.2) is 4.79 Å². The predicted molar refractivity (Wildman–Crippen MR) is 74.9 cm³/mol. The van der Waals surface area contributed by atoms with Crippen LogP contribution in [0.4, 0.5) is 4.79 Å². The average Bonchev–Trinajstić information content (AvgIpc) is 2.39. The monoisotopic (exact) mass is 270 g/mol. The highest BCUT2D eigenvalue weighted by Gasteiger charge is 2.22. The number of likely N-dealkylation sites (tertiary alicyclic amines) is 1. The van der Waals surface area contributed by atoms with E-state index in [1.807, 2.05) is 6.92 Å². The average molecular weight is 270 g/mol. The van der Waals surface area contributed by atoms with Gasteiger partial charge in [-0.05, 0) is 46.3 Å². The minimum Gasteiger partial charge on any atom is -0.338 e. The van der Waals surface area contributed by atoms with E-state index in [0.717, 1.165) is 32.5 Å². The van der Waals surface area contributed by atoms with Gasteiger partial charge in [-0.3, -0.25) is 10.1 Å². The summed E-state index contributed by atoms with van der Waals surface area (Å²) in [5.41, 5.74) is 0. The third-order valence-corrected chi connectivity index (χ3v) is 3.49. The summed E-state index contributed by atoms with van der Waals surface area (Å²) in [7, 11) is 0. The number of piperidine rings is 1. The van der Waals surface area contributed by atoms with E-state index >= 15 is 0 Å². The number of carbonyl (C=O) groups is 2. The first-order valence-corrected chi connectivity index (χ1v) is 7.13. The van der Waals surface area contributed by atoms with Crippen LogP contribution in [0.3, 0.4) is 0 Å². The summed E-state index contributed by atoms with van der Waals surface area (Å²) in [6.07, 6.45) is 2.10. The molecule has 1 aliphatic rings. The summed E-state index contributed by atoms with van der Waals surface area (Å²) in [5.74, 6) is -0.274. The first kappa shape index (κ1) is 15.9. The van der Waals surface area contributed by atoms with Crippen molar-refractivity contribution < 1.29 is 9.59 Å². The van der Waals surface area contributed by atoms with Crippen LogP contribution in [0.5, 0.6) is 0 Å². The highest BCUT2D eigenvalue weighted by atomic mass is 16.2. The van der Waals surface area contributed by atoms with Gasteiger partial charge < -0.3 is 15.5 Å². The van der Waals surface area contributed by atoms with Crippen molar-refractivity contribution in [2.24, 2.45) is 0 Å². The Morgan fingerprint density at radius 3 is 2.42 bits per heavy atom. The van der Waals surface area contributed by atoms with Crippen LogP contribution in [0.25, 0.3) is 0 Å². The number of nitrogens with one attached hydrogen (secondary N) is 3. The molecule has 0 aliphatic carbocycles. The second-order valence-electron chi connectivity index (χ2n) is 4.95. The van der Waals surface area contributed by atoms with Gasteiger partial charge >= 0.3 is 6.03 Å². The fraction of sp³-hybridized carbons (Fsp3) is 0.846. The van der Waals surface area contributed by atoms with E-state index in [-0.39, 0.29) is 11.9 Å². The molecule has 6 heteroatoms. The maximum Gasteiger partial charge on any atom is 0.321 e. The molecule has 1 aliphatic heterocycles. The molecule has 19 heavy (non-hydrogen) atoms. The van der Waals surface area contributed by atoms with Crippen molar-refractivity contribution in [3.8, 4) is 0 Å². The van der Waals surface area contributed by atoms with Crippen LogP contribution in [0.15, 0.2) is 0 Å². The van der Waals surface area contributed by atoms with Crippen molar-refractivity contribution in [2.75, 3.05) is 26.2 Å². The first-order chi connectivity index (χ1) is 9.06. The number of urea groups is 1. The third kappa shape index (κ3) is 5.57. The number of imide groups is 1. The van der Waals surface area contributed by atoms with Crippen molar-refractivity contribution in [1.82, 2.24) is 20.9 Å². The minimum absolute atomic E-state index is 0.274. The molecule has 110 valence electrons.